The minimum absolute atomic E-state index is 0. The lowest BCUT2D eigenvalue weighted by atomic mass is 9.94. The van der Waals surface area contributed by atoms with Crippen LogP contribution < -0.4 is 42.0 Å². The molecule has 1 aliphatic carbocycles. The number of aromatic hydroxyl groups is 1. The van der Waals surface area contributed by atoms with Gasteiger partial charge in [-0.3, -0.25) is 38.5 Å². The molecule has 0 bridgehead atoms. The van der Waals surface area contributed by atoms with Crippen LogP contribution in [0.1, 0.15) is 81.1 Å². The number of carbonyl (C=O) groups is 7. The number of halogens is 2. The number of piperazine rings is 1. The molecule has 1 saturated carbocycles. The van der Waals surface area contributed by atoms with E-state index in [1.54, 1.807) is 31.2 Å². The van der Waals surface area contributed by atoms with E-state index in [1.165, 1.54) is 70.0 Å². The van der Waals surface area contributed by atoms with E-state index in [-0.39, 0.29) is 67.0 Å². The van der Waals surface area contributed by atoms with Crippen LogP contribution in [-0.2, 0) is 35.2 Å². The van der Waals surface area contributed by atoms with Gasteiger partial charge in [0.15, 0.2) is 11.5 Å². The van der Waals surface area contributed by atoms with Crippen molar-refractivity contribution in [3.05, 3.63) is 102 Å². The zero-order valence-electron chi connectivity index (χ0n) is 51.8. The van der Waals surface area contributed by atoms with Gasteiger partial charge in [0.2, 0.25) is 35.4 Å². The summed E-state index contributed by atoms with van der Waals surface area (Å²) in [6.07, 6.45) is -5.02. The van der Waals surface area contributed by atoms with Crippen LogP contribution in [0.15, 0.2) is 91.0 Å². The molecule has 4 aromatic carbocycles. The molecular formula is C65H88Cl2N10O15. The molecule has 13 atom stereocenters. The summed E-state index contributed by atoms with van der Waals surface area (Å²) in [6.45, 7) is 5.25. The Labute approximate surface area is 547 Å². The molecule has 4 aliphatic heterocycles. The van der Waals surface area contributed by atoms with Crippen molar-refractivity contribution in [3.8, 4) is 33.8 Å². The molecule has 502 valence electrons. The van der Waals surface area contributed by atoms with Gasteiger partial charge in [-0.05, 0) is 96.9 Å². The Morgan fingerprint density at radius 3 is 1.85 bits per heavy atom. The summed E-state index contributed by atoms with van der Waals surface area (Å²) in [7, 11) is 1.28. The van der Waals surface area contributed by atoms with Gasteiger partial charge in [-0.15, -0.1) is 24.8 Å². The second-order valence-corrected chi connectivity index (χ2v) is 24.6. The molecule has 4 aromatic rings. The number of phenols is 1. The Kier molecular flexibility index (Phi) is 25.6. The lowest BCUT2D eigenvalue weighted by molar-refractivity contribution is -0.147. The van der Waals surface area contributed by atoms with Crippen LogP contribution in [-0.4, -0.2) is 230 Å². The van der Waals surface area contributed by atoms with E-state index in [0.29, 0.717) is 6.04 Å². The fourth-order valence-corrected chi connectivity index (χ4v) is 13.0. The minimum atomic E-state index is -2.01. The summed E-state index contributed by atoms with van der Waals surface area (Å²) in [4.78, 5) is 108. The Balaban J connectivity index is 0.00000600. The molecule has 9 rings (SSSR count). The number of hydrogen-bond acceptors (Lipinski definition) is 18. The van der Waals surface area contributed by atoms with E-state index < -0.39 is 152 Å². The van der Waals surface area contributed by atoms with Gasteiger partial charge in [-0.1, -0.05) is 80.8 Å². The Morgan fingerprint density at radius 2 is 1.25 bits per heavy atom. The first-order chi connectivity index (χ1) is 43.1. The average molecular weight is 1320 g/mol. The van der Waals surface area contributed by atoms with Crippen LogP contribution in [0, 0.1) is 5.92 Å². The number of amides is 7. The molecule has 25 nitrogen and oxygen atoms in total. The Morgan fingerprint density at radius 1 is 0.674 bits per heavy atom. The number of carbonyl (C=O) groups excluding carboxylic acids is 7. The highest BCUT2D eigenvalue weighted by Gasteiger charge is 2.50. The normalized spacial score (nSPS) is 26.9. The third-order valence-corrected chi connectivity index (χ3v) is 18.2. The molecular weight excluding hydrogens is 1230 g/mol. The number of aliphatic hydroxyl groups excluding tert-OH is 6. The highest BCUT2D eigenvalue weighted by molar-refractivity contribution is 6.00. The fraction of sp³-hybridized carbons (Fsp3) is 0.523. The molecule has 14 N–H and O–H groups in total. The largest absolute Gasteiger partial charge is 0.504 e. The highest BCUT2D eigenvalue weighted by atomic mass is 35.5. The maximum Gasteiger partial charge on any atom is 0.251 e. The standard InChI is InChI=1S/C65H86N10O15.2ClH/c1-36-34-75-57(58(36)82)63(87)67-33-46(77)31-48(68-59(83)43-16-14-41(15-17-43)39-10-12-40(13-11-39)42-18-20-45(21-19-42)73-27-25-72(26-28-73)44-7-5-4-6-8-44)60(84)69-54(37(2)76)64(88)74-35-47(78)32-49(74)61(85)70-55(62(86)71-56(65(75)89)51(80)23-24-66)52(81)29-38-9-22-50(79)53(30-38)90-3;;/h9-22,30,36-37,44,46-49,51-52,54-58,76-82H,4-8,23-29,31-35,66H2,1-3H3,(H,67,87)(H,68,83)(H,69,84)(H,70,85)(H,71,86);2*1H/t36-,37+,46+,47+,48-,49-,51+,52+,54-,55-,56-,57-,58-;;/m0../s1. The maximum absolute atomic E-state index is 14.7. The van der Waals surface area contributed by atoms with Gasteiger partial charge in [0.05, 0.1) is 43.7 Å². The van der Waals surface area contributed by atoms with E-state index >= 15 is 0 Å². The summed E-state index contributed by atoms with van der Waals surface area (Å²) in [5, 5.41) is 91.1. The monoisotopic (exact) mass is 1320 g/mol. The number of benzene rings is 4. The zero-order valence-corrected chi connectivity index (χ0v) is 53.5. The number of β-amino-alcohol motifs (C(OH)–C–C–N with tert-alkyl or cyclic N) is 1. The number of nitrogens with one attached hydrogen (secondary N) is 5. The average Bonchev–Trinajstić information content (AvgIpc) is 1.61. The van der Waals surface area contributed by atoms with Crippen molar-refractivity contribution in [2.24, 2.45) is 11.7 Å². The van der Waals surface area contributed by atoms with Crippen molar-refractivity contribution < 1.29 is 74.0 Å². The Hall–Kier alpha value is -7.17. The van der Waals surface area contributed by atoms with Crippen LogP contribution in [0.5, 0.6) is 11.5 Å². The molecule has 4 saturated heterocycles. The number of rotatable bonds is 14. The number of nitrogens with two attached hydrogens (primary N) is 1. The van der Waals surface area contributed by atoms with Gasteiger partial charge < -0.3 is 87.5 Å². The predicted octanol–water partition coefficient (Wildman–Crippen LogP) is 0.330. The van der Waals surface area contributed by atoms with Crippen molar-refractivity contribution in [1.29, 1.82) is 0 Å². The summed E-state index contributed by atoms with van der Waals surface area (Å²) >= 11 is 0. The molecule has 0 radical (unpaired) electrons. The van der Waals surface area contributed by atoms with Crippen LogP contribution in [0.25, 0.3) is 22.3 Å². The zero-order chi connectivity index (χ0) is 64.5. The van der Waals surface area contributed by atoms with Gasteiger partial charge in [-0.2, -0.15) is 0 Å². The topological polar surface area (TPSA) is 369 Å². The molecule has 27 heteroatoms. The van der Waals surface area contributed by atoms with Crippen molar-refractivity contribution in [3.63, 3.8) is 0 Å². The third kappa shape index (κ3) is 17.2. The summed E-state index contributed by atoms with van der Waals surface area (Å²) in [6, 6.07) is 17.1. The number of anilines is 1. The van der Waals surface area contributed by atoms with Gasteiger partial charge in [-0.25, -0.2) is 0 Å². The minimum Gasteiger partial charge on any atom is -0.504 e. The van der Waals surface area contributed by atoms with Crippen LogP contribution in [0.2, 0.25) is 0 Å². The van der Waals surface area contributed by atoms with E-state index in [4.69, 9.17) is 10.5 Å². The SMILES string of the molecule is COc1cc(C[C@@H](O)[C@@H]2NC(=O)[C@@H]3C[C@@H](O)CN3C(=O)[C@H]([C@@H](C)O)NC(=O)[C@@H](NC(=O)c3ccc(-c4ccc(-c5ccc(N6CCN(C7CCCCC7)CC6)cc5)cc4)cc3)C[C@@H](O)CNC(=O)[C@@H]3[C@@H](O)[C@@H](C)CN3C(=O)[C@H]([C@H](O)CCN)NC2=O)ccc1O.Cl.Cl. The highest BCUT2D eigenvalue weighted by Crippen LogP contribution is 2.32. The van der Waals surface area contributed by atoms with Crippen LogP contribution >= 0.6 is 24.8 Å². The summed E-state index contributed by atoms with van der Waals surface area (Å²) in [5.74, 6) is -8.40. The number of fused-ring (bicyclic) bond motifs is 2. The van der Waals surface area contributed by atoms with E-state index in [1.807, 2.05) is 24.3 Å². The first-order valence-corrected chi connectivity index (χ1v) is 31.2. The number of aliphatic hydroxyl groups is 6. The van der Waals surface area contributed by atoms with Gasteiger partial charge in [0, 0.05) is 88.3 Å². The van der Waals surface area contributed by atoms with E-state index in [0.717, 1.165) is 58.2 Å². The second-order valence-electron chi connectivity index (χ2n) is 24.6. The molecule has 5 fully saturated rings. The predicted molar refractivity (Wildman–Crippen MR) is 346 cm³/mol. The number of ether oxygens (including phenoxy) is 1. The quantitative estimate of drug-likeness (QED) is 0.0809. The third-order valence-electron chi connectivity index (χ3n) is 18.2. The smallest absolute Gasteiger partial charge is 0.251 e. The number of phenolic OH excluding ortho intramolecular Hbond substituents is 1. The molecule has 7 amide bonds. The van der Waals surface area contributed by atoms with Gasteiger partial charge in [0.25, 0.3) is 5.91 Å². The van der Waals surface area contributed by atoms with Crippen molar-refractivity contribution in [2.45, 2.75) is 151 Å². The number of nitrogens with zero attached hydrogens (tertiary/aromatic N) is 4. The fourth-order valence-electron chi connectivity index (χ4n) is 13.0. The van der Waals surface area contributed by atoms with Crippen molar-refractivity contribution >= 4 is 71.9 Å². The summed E-state index contributed by atoms with van der Waals surface area (Å²) in [5.41, 5.74) is 11.1. The first kappa shape index (κ1) is 72.3. The molecule has 0 aromatic heterocycles. The lowest BCUT2D eigenvalue weighted by Gasteiger charge is -2.41. The molecule has 0 unspecified atom stereocenters. The van der Waals surface area contributed by atoms with Crippen molar-refractivity contribution in [1.82, 2.24) is 41.3 Å². The number of hydrogen-bond donors (Lipinski definition) is 13. The molecule has 4 heterocycles. The number of methoxy groups -OCH3 is 1. The maximum atomic E-state index is 14.7. The Bertz CT molecular complexity index is 3170. The second kappa shape index (κ2) is 32.6. The van der Waals surface area contributed by atoms with Crippen LogP contribution in [0.4, 0.5) is 5.69 Å². The molecule has 0 spiro atoms. The van der Waals surface area contributed by atoms with Crippen molar-refractivity contribution in [2.75, 3.05) is 64.4 Å². The van der Waals surface area contributed by atoms with E-state index in [9.17, 15) is 69.3 Å². The first-order valence-electron chi connectivity index (χ1n) is 31.2. The summed E-state index contributed by atoms with van der Waals surface area (Å²) < 4.78 is 5.21. The van der Waals surface area contributed by atoms with Gasteiger partial charge in [0.1, 0.15) is 36.3 Å². The lowest BCUT2D eigenvalue weighted by Crippen LogP contribution is -2.64. The molecule has 5 aliphatic rings. The molecule has 92 heavy (non-hydrogen) atoms. The van der Waals surface area contributed by atoms with Gasteiger partial charge >= 0.3 is 0 Å². The van der Waals surface area contributed by atoms with E-state index in [2.05, 4.69) is 60.6 Å². The van der Waals surface area contributed by atoms with Crippen LogP contribution in [0.3, 0.4) is 0 Å².